The Bertz CT molecular complexity index is 300. The van der Waals surface area contributed by atoms with Gasteiger partial charge in [-0.05, 0) is 6.92 Å². The summed E-state index contributed by atoms with van der Waals surface area (Å²) in [6, 6.07) is 0. The number of hydrogen-bond donors (Lipinski definition) is 1. The van der Waals surface area contributed by atoms with Crippen LogP contribution in [-0.2, 0) is 4.74 Å². The molecule has 3 nitrogen and oxygen atoms in total. The third-order valence-corrected chi connectivity index (χ3v) is 2.33. The summed E-state index contributed by atoms with van der Waals surface area (Å²) in [7, 11) is 0. The molecule has 0 saturated carbocycles. The van der Waals surface area contributed by atoms with E-state index in [2.05, 4.69) is 15.0 Å². The maximum absolute atomic E-state index is 11.7. The number of nitrogens with one attached hydrogen (secondary N) is 1. The van der Waals surface area contributed by atoms with E-state index in [1.54, 1.807) is 0 Å². The molecule has 86 valence electrons. The summed E-state index contributed by atoms with van der Waals surface area (Å²) in [5.74, 6) is 0. The lowest BCUT2D eigenvalue weighted by atomic mass is 10.6. The van der Waals surface area contributed by atoms with Gasteiger partial charge in [0.05, 0.1) is 12.3 Å². The lowest BCUT2D eigenvalue weighted by Gasteiger charge is -2.07. The molecule has 0 aliphatic rings. The van der Waals surface area contributed by atoms with Crippen molar-refractivity contribution in [1.82, 2.24) is 4.98 Å². The molecule has 7 heteroatoms. The lowest BCUT2D eigenvalue weighted by molar-refractivity contribution is -0.172. The molecule has 0 fully saturated rings. The second-order valence-electron chi connectivity index (χ2n) is 2.89. The van der Waals surface area contributed by atoms with Gasteiger partial charge in [0.15, 0.2) is 5.13 Å². The van der Waals surface area contributed by atoms with E-state index in [0.717, 1.165) is 5.69 Å². The highest BCUT2D eigenvalue weighted by Crippen LogP contribution is 2.15. The van der Waals surface area contributed by atoms with E-state index in [4.69, 9.17) is 0 Å². The second-order valence-corrected chi connectivity index (χ2v) is 3.75. The molecule has 0 bridgehead atoms. The smallest absolute Gasteiger partial charge is 0.370 e. The van der Waals surface area contributed by atoms with Crippen LogP contribution in [0.2, 0.25) is 0 Å². The first-order chi connectivity index (χ1) is 6.97. The van der Waals surface area contributed by atoms with Gasteiger partial charge in [-0.25, -0.2) is 4.98 Å². The van der Waals surface area contributed by atoms with Gasteiger partial charge in [-0.2, -0.15) is 13.2 Å². The second kappa shape index (κ2) is 5.32. The number of hydrogen-bond acceptors (Lipinski definition) is 4. The molecular formula is C8H11F3N2OS. The average molecular weight is 240 g/mol. The summed E-state index contributed by atoms with van der Waals surface area (Å²) in [6.45, 7) is 0.981. The maximum Gasteiger partial charge on any atom is 0.411 e. The molecule has 1 aromatic heterocycles. The van der Waals surface area contributed by atoms with Crippen molar-refractivity contribution in [3.05, 3.63) is 11.1 Å². The number of rotatable bonds is 5. The Morgan fingerprint density at radius 3 is 2.80 bits per heavy atom. The Morgan fingerprint density at radius 2 is 2.27 bits per heavy atom. The van der Waals surface area contributed by atoms with Crippen LogP contribution < -0.4 is 5.32 Å². The lowest BCUT2D eigenvalue weighted by Crippen LogP contribution is -2.20. The summed E-state index contributed by atoms with van der Waals surface area (Å²) >= 11 is 1.41. The maximum atomic E-state index is 11.7. The molecule has 0 radical (unpaired) electrons. The third-order valence-electron chi connectivity index (χ3n) is 1.41. The Kier molecular flexibility index (Phi) is 4.34. The van der Waals surface area contributed by atoms with Crippen LogP contribution in [0.3, 0.4) is 0 Å². The zero-order valence-corrected chi connectivity index (χ0v) is 8.91. The van der Waals surface area contributed by atoms with Crippen molar-refractivity contribution in [2.45, 2.75) is 13.1 Å². The summed E-state index contributed by atoms with van der Waals surface area (Å²) in [5.41, 5.74) is 0.888. The zero-order chi connectivity index (χ0) is 11.3. The molecule has 0 amide bonds. The number of halogens is 3. The van der Waals surface area contributed by atoms with Crippen molar-refractivity contribution >= 4 is 16.5 Å². The fraction of sp³-hybridized carbons (Fsp3) is 0.625. The van der Waals surface area contributed by atoms with Gasteiger partial charge >= 0.3 is 6.18 Å². The number of aryl methyl sites for hydroxylation is 1. The Hall–Kier alpha value is -0.820. The van der Waals surface area contributed by atoms with Gasteiger partial charge < -0.3 is 10.1 Å². The first kappa shape index (κ1) is 12.3. The molecule has 0 spiro atoms. The standard InChI is InChI=1S/C8H11F3N2OS/c1-6-4-15-7(13-6)12-2-3-14-5-8(9,10)11/h4H,2-3,5H2,1H3,(H,12,13). The van der Waals surface area contributed by atoms with Gasteiger partial charge in [0.25, 0.3) is 0 Å². The fourth-order valence-corrected chi connectivity index (χ4v) is 1.57. The highest BCUT2D eigenvalue weighted by Gasteiger charge is 2.27. The molecule has 0 unspecified atom stereocenters. The molecule has 0 saturated heterocycles. The van der Waals surface area contributed by atoms with Gasteiger partial charge in [0, 0.05) is 11.9 Å². The molecule has 1 heterocycles. The molecule has 1 aromatic rings. The van der Waals surface area contributed by atoms with Crippen LogP contribution in [0.4, 0.5) is 18.3 Å². The number of alkyl halides is 3. The highest BCUT2D eigenvalue weighted by molar-refractivity contribution is 7.13. The van der Waals surface area contributed by atoms with Crippen LogP contribution >= 0.6 is 11.3 Å². The molecule has 1 rings (SSSR count). The van der Waals surface area contributed by atoms with Crippen LogP contribution in [0.25, 0.3) is 0 Å². The molecule has 0 aliphatic carbocycles. The normalized spacial score (nSPS) is 11.7. The first-order valence-electron chi connectivity index (χ1n) is 4.28. The summed E-state index contributed by atoms with van der Waals surface area (Å²) in [6.07, 6.45) is -4.25. The van der Waals surface area contributed by atoms with E-state index in [0.29, 0.717) is 11.7 Å². The van der Waals surface area contributed by atoms with Crippen LogP contribution in [0.5, 0.6) is 0 Å². The Morgan fingerprint density at radius 1 is 1.53 bits per heavy atom. The van der Waals surface area contributed by atoms with Gasteiger partial charge in [-0.1, -0.05) is 0 Å². The van der Waals surface area contributed by atoms with Crippen LogP contribution in [0.1, 0.15) is 5.69 Å². The molecule has 0 atom stereocenters. The number of aromatic nitrogens is 1. The molecular weight excluding hydrogens is 229 g/mol. The minimum absolute atomic E-state index is 0.0120. The fourth-order valence-electron chi connectivity index (χ4n) is 0.853. The van der Waals surface area contributed by atoms with Crippen LogP contribution in [-0.4, -0.2) is 30.9 Å². The quantitative estimate of drug-likeness (QED) is 0.803. The van der Waals surface area contributed by atoms with Gasteiger partial charge in [-0.15, -0.1) is 11.3 Å². The van der Waals surface area contributed by atoms with Crippen molar-refractivity contribution in [2.75, 3.05) is 25.1 Å². The van der Waals surface area contributed by atoms with Gasteiger partial charge in [0.2, 0.25) is 0 Å². The van der Waals surface area contributed by atoms with Crippen molar-refractivity contribution in [1.29, 1.82) is 0 Å². The van der Waals surface area contributed by atoms with Crippen molar-refractivity contribution < 1.29 is 17.9 Å². The highest BCUT2D eigenvalue weighted by atomic mass is 32.1. The predicted octanol–water partition coefficient (Wildman–Crippen LogP) is 2.44. The topological polar surface area (TPSA) is 34.1 Å². The SMILES string of the molecule is Cc1csc(NCCOCC(F)(F)F)n1. The minimum Gasteiger partial charge on any atom is -0.370 e. The number of nitrogens with zero attached hydrogens (tertiary/aromatic N) is 1. The van der Waals surface area contributed by atoms with E-state index >= 15 is 0 Å². The van der Waals surface area contributed by atoms with E-state index in [-0.39, 0.29) is 6.61 Å². The number of anilines is 1. The van der Waals surface area contributed by atoms with E-state index in [1.807, 2.05) is 12.3 Å². The third kappa shape index (κ3) is 5.58. The largest absolute Gasteiger partial charge is 0.411 e. The average Bonchev–Trinajstić information content (AvgIpc) is 2.49. The van der Waals surface area contributed by atoms with E-state index in [1.165, 1.54) is 11.3 Å². The van der Waals surface area contributed by atoms with Crippen molar-refractivity contribution in [3.8, 4) is 0 Å². The van der Waals surface area contributed by atoms with E-state index < -0.39 is 12.8 Å². The Balaban J connectivity index is 2.07. The summed E-state index contributed by atoms with van der Waals surface area (Å²) < 4.78 is 39.4. The van der Waals surface area contributed by atoms with Crippen LogP contribution in [0, 0.1) is 6.92 Å². The number of thiazole rings is 1. The van der Waals surface area contributed by atoms with Crippen molar-refractivity contribution in [3.63, 3.8) is 0 Å². The zero-order valence-electron chi connectivity index (χ0n) is 8.10. The predicted molar refractivity (Wildman–Crippen MR) is 52.2 cm³/mol. The van der Waals surface area contributed by atoms with Gasteiger partial charge in [0.1, 0.15) is 6.61 Å². The first-order valence-corrected chi connectivity index (χ1v) is 5.16. The van der Waals surface area contributed by atoms with Crippen LogP contribution in [0.15, 0.2) is 5.38 Å². The summed E-state index contributed by atoms with van der Waals surface area (Å²) in [4.78, 5) is 4.09. The number of ether oxygens (including phenoxy) is 1. The van der Waals surface area contributed by atoms with Crippen molar-refractivity contribution in [2.24, 2.45) is 0 Å². The molecule has 0 aromatic carbocycles. The monoisotopic (exact) mass is 240 g/mol. The Labute approximate surface area is 89.3 Å². The molecule has 1 N–H and O–H groups in total. The van der Waals surface area contributed by atoms with E-state index in [9.17, 15) is 13.2 Å². The summed E-state index contributed by atoms with van der Waals surface area (Å²) in [5, 5.41) is 5.42. The molecule has 15 heavy (non-hydrogen) atoms. The minimum atomic E-state index is -4.25. The molecule has 0 aliphatic heterocycles. The van der Waals surface area contributed by atoms with Gasteiger partial charge in [-0.3, -0.25) is 0 Å².